The third-order valence-electron chi connectivity index (χ3n) is 9.85. The van der Waals surface area contributed by atoms with Gasteiger partial charge in [-0.1, -0.05) is 226 Å². The van der Waals surface area contributed by atoms with E-state index in [9.17, 15) is 0 Å². The van der Waals surface area contributed by atoms with Crippen molar-refractivity contribution in [2.24, 2.45) is 0 Å². The van der Waals surface area contributed by atoms with E-state index in [-0.39, 0.29) is 0 Å². The first-order valence-corrected chi connectivity index (χ1v) is 30.5. The Bertz CT molecular complexity index is 2400. The lowest BCUT2D eigenvalue weighted by atomic mass is 10.1. The molecule has 0 unspecified atom stereocenters. The SMILES string of the molecule is CC.CC.CC.CC.CC.CC.CC.CC.CC.CC.CC(C)c1[nH]nc2ccccc12.CC(C)c1[nH]nc2cccnc12.CC(C)c1[nH]nc2ccncc12.CC(C)c1[nH]nc2cnccc12.CC(C)c1[nH]nc2ncccc12. The zero-order valence-electron chi connectivity index (χ0n) is 56.1. The molecule has 0 saturated carbocycles. The van der Waals surface area contributed by atoms with E-state index in [1.807, 2.05) is 199 Å². The van der Waals surface area contributed by atoms with Crippen LogP contribution in [0, 0.1) is 0 Å². The third-order valence-corrected chi connectivity index (χ3v) is 9.85. The van der Waals surface area contributed by atoms with Gasteiger partial charge in [-0.3, -0.25) is 40.4 Å². The van der Waals surface area contributed by atoms with Gasteiger partial charge in [-0.25, -0.2) is 4.98 Å². The van der Waals surface area contributed by atoms with Gasteiger partial charge in [-0.2, -0.15) is 25.5 Å². The minimum absolute atomic E-state index is 0.449. The van der Waals surface area contributed by atoms with E-state index < -0.39 is 0 Å². The standard InChI is InChI=1S/C10H12N2.4C9H11N3.10C2H6/c1-7(2)10-8-5-3-4-6-9(8)11-12-10;1-6(2)9-7-5-10-4-3-8(7)11-12-9;1-6(2)9-7-3-4-10-5-8(7)11-12-9;1-6(2)8-9-7(11-12-8)4-3-5-10-9;1-6(2)8-7-4-3-5-10-9(7)12-11-8;10*1-2/h3-7H,1-2H3,(H,11,12);3*3-6H,1-2H3,(H,11,12);3-6H,1-2H3,(H,10,11,12);10*1-2H3. The predicted octanol–water partition coefficient (Wildman–Crippen LogP) is 21.3. The molecule has 9 heterocycles. The van der Waals surface area contributed by atoms with Gasteiger partial charge in [-0.05, 0) is 72.1 Å². The summed E-state index contributed by atoms with van der Waals surface area (Å²) in [6.07, 6.45) is 10.7. The van der Waals surface area contributed by atoms with E-state index in [4.69, 9.17) is 0 Å². The summed E-state index contributed by atoms with van der Waals surface area (Å²) >= 11 is 0. The van der Waals surface area contributed by atoms with Crippen molar-refractivity contribution in [3.8, 4) is 0 Å². The number of nitrogens with one attached hydrogen (secondary N) is 5. The fourth-order valence-corrected chi connectivity index (χ4v) is 6.64. The van der Waals surface area contributed by atoms with E-state index in [1.165, 1.54) is 22.2 Å². The molecule has 1 aromatic carbocycles. The zero-order chi connectivity index (χ0) is 62.8. The van der Waals surface area contributed by atoms with Crippen LogP contribution >= 0.6 is 0 Å². The summed E-state index contributed by atoms with van der Waals surface area (Å²) in [5.41, 5.74) is 11.6. The molecule has 14 nitrogen and oxygen atoms in total. The smallest absolute Gasteiger partial charge is 0.181 e. The Morgan fingerprint density at radius 2 is 0.613 bits per heavy atom. The van der Waals surface area contributed by atoms with Gasteiger partial charge >= 0.3 is 0 Å². The lowest BCUT2D eigenvalue weighted by molar-refractivity contribution is 0.815. The van der Waals surface area contributed by atoms with Crippen molar-refractivity contribution in [2.45, 2.75) is 237 Å². The number of pyridine rings is 4. The van der Waals surface area contributed by atoms with Crippen molar-refractivity contribution in [3.63, 3.8) is 0 Å². The molecule has 0 amide bonds. The number of para-hydroxylation sites is 1. The number of H-pyrrole nitrogens is 5. The maximum Gasteiger partial charge on any atom is 0.181 e. The van der Waals surface area contributed by atoms with Crippen LogP contribution in [0.5, 0.6) is 0 Å². The van der Waals surface area contributed by atoms with Gasteiger partial charge in [0.15, 0.2) is 5.65 Å². The normalized spacial score (nSPS) is 9.19. The van der Waals surface area contributed by atoms with E-state index in [0.29, 0.717) is 29.6 Å². The Labute approximate surface area is 487 Å². The average Bonchev–Trinajstić information content (AvgIpc) is 4.41. The number of aromatic amines is 5. The number of fused-ring (bicyclic) bond motifs is 5. The van der Waals surface area contributed by atoms with Gasteiger partial charge in [0, 0.05) is 75.3 Å². The maximum absolute atomic E-state index is 4.27. The van der Waals surface area contributed by atoms with Crippen LogP contribution in [0.3, 0.4) is 0 Å². The lowest BCUT2D eigenvalue weighted by Crippen LogP contribution is -1.88. The first-order chi connectivity index (χ1) is 38.9. The van der Waals surface area contributed by atoms with Crippen LogP contribution in [0.15, 0.2) is 97.8 Å². The number of hydrogen-bond acceptors (Lipinski definition) is 9. The van der Waals surface area contributed by atoms with E-state index in [0.717, 1.165) is 61.1 Å². The van der Waals surface area contributed by atoms with Gasteiger partial charge in [0.1, 0.15) is 16.6 Å². The topological polar surface area (TPSA) is 195 Å². The summed E-state index contributed by atoms with van der Waals surface area (Å²) in [4.78, 5) is 16.5. The largest absolute Gasteiger partial charge is 0.281 e. The van der Waals surface area contributed by atoms with Crippen LogP contribution in [0.4, 0.5) is 0 Å². The van der Waals surface area contributed by atoms with Crippen molar-refractivity contribution < 1.29 is 0 Å². The predicted molar refractivity (Wildman–Crippen MR) is 356 cm³/mol. The van der Waals surface area contributed by atoms with Crippen molar-refractivity contribution in [1.82, 2.24) is 70.9 Å². The summed E-state index contributed by atoms with van der Waals surface area (Å²) < 4.78 is 0. The fraction of sp³-hybridized carbons (Fsp3) is 0.530. The number of aromatic nitrogens is 14. The first-order valence-electron chi connectivity index (χ1n) is 30.5. The quantitative estimate of drug-likeness (QED) is 0.111. The number of rotatable bonds is 5. The van der Waals surface area contributed by atoms with E-state index in [1.54, 1.807) is 31.0 Å². The molecular formula is C66H116N14. The molecule has 0 fully saturated rings. The third kappa shape index (κ3) is 27.4. The van der Waals surface area contributed by atoms with Crippen molar-refractivity contribution >= 4 is 54.8 Å². The van der Waals surface area contributed by atoms with Crippen LogP contribution in [-0.2, 0) is 0 Å². The number of hydrogen-bond donors (Lipinski definition) is 5. The highest BCUT2D eigenvalue weighted by Crippen LogP contribution is 2.24. The van der Waals surface area contributed by atoms with Gasteiger partial charge in [-0.15, -0.1) is 0 Å². The van der Waals surface area contributed by atoms with Crippen LogP contribution < -0.4 is 0 Å². The Hall–Kier alpha value is -6.83. The molecule has 450 valence electrons. The molecule has 0 atom stereocenters. The van der Waals surface area contributed by atoms with Crippen LogP contribution in [-0.4, -0.2) is 70.9 Å². The molecule has 10 aromatic rings. The van der Waals surface area contributed by atoms with E-state index in [2.05, 4.69) is 146 Å². The van der Waals surface area contributed by atoms with Crippen molar-refractivity contribution in [2.75, 3.05) is 0 Å². The molecule has 0 spiro atoms. The summed E-state index contributed by atoms with van der Waals surface area (Å²) in [5.74, 6) is 2.39. The number of benzene rings is 1. The Kier molecular flexibility index (Phi) is 54.2. The number of nitrogens with zero attached hydrogens (tertiary/aromatic N) is 9. The van der Waals surface area contributed by atoms with Crippen molar-refractivity contribution in [3.05, 3.63) is 126 Å². The monoisotopic (exact) mass is 1100 g/mol. The highest BCUT2D eigenvalue weighted by molar-refractivity contribution is 5.82. The molecule has 80 heavy (non-hydrogen) atoms. The summed E-state index contributed by atoms with van der Waals surface area (Å²) in [6.45, 7) is 61.4. The lowest BCUT2D eigenvalue weighted by Gasteiger charge is -1.99. The fourth-order valence-electron chi connectivity index (χ4n) is 6.64. The highest BCUT2D eigenvalue weighted by atomic mass is 15.2. The zero-order valence-corrected chi connectivity index (χ0v) is 56.1. The van der Waals surface area contributed by atoms with Crippen LogP contribution in [0.2, 0.25) is 0 Å². The molecule has 0 aliphatic carbocycles. The maximum atomic E-state index is 4.27. The molecule has 0 radical (unpaired) electrons. The van der Waals surface area contributed by atoms with E-state index >= 15 is 0 Å². The second-order valence-electron chi connectivity index (χ2n) is 16.0. The molecule has 10 rings (SSSR count). The summed E-state index contributed by atoms with van der Waals surface area (Å²) in [5, 5.41) is 40.6. The van der Waals surface area contributed by atoms with Gasteiger partial charge in [0.05, 0.1) is 22.9 Å². The Morgan fingerprint density at radius 3 is 1.12 bits per heavy atom. The van der Waals surface area contributed by atoms with Crippen LogP contribution in [0.1, 0.15) is 266 Å². The van der Waals surface area contributed by atoms with Gasteiger partial charge in [0.2, 0.25) is 0 Å². The molecule has 0 aliphatic heterocycles. The Morgan fingerprint density at radius 1 is 0.275 bits per heavy atom. The molecule has 5 N–H and O–H groups in total. The minimum atomic E-state index is 0.449. The molecule has 0 bridgehead atoms. The van der Waals surface area contributed by atoms with Crippen LogP contribution in [0.25, 0.3) is 54.8 Å². The highest BCUT2D eigenvalue weighted by Gasteiger charge is 2.11. The second kappa shape index (κ2) is 52.8. The van der Waals surface area contributed by atoms with Gasteiger partial charge < -0.3 is 0 Å². The molecular weight excluding hydrogens is 989 g/mol. The second-order valence-corrected chi connectivity index (χ2v) is 16.0. The molecule has 0 aliphatic rings. The minimum Gasteiger partial charge on any atom is -0.281 e. The van der Waals surface area contributed by atoms with Gasteiger partial charge in [0.25, 0.3) is 0 Å². The summed E-state index contributed by atoms with van der Waals surface area (Å²) in [7, 11) is 0. The molecule has 0 saturated heterocycles. The molecule has 9 aromatic heterocycles. The molecule has 14 heteroatoms. The first kappa shape index (κ1) is 82.0. The van der Waals surface area contributed by atoms with Crippen molar-refractivity contribution in [1.29, 1.82) is 0 Å². The Balaban J connectivity index is -0.000000271. The average molecular weight is 1110 g/mol. The summed E-state index contributed by atoms with van der Waals surface area (Å²) in [6, 6.07) is 19.9.